The molecule has 0 radical (unpaired) electrons. The Hall–Kier alpha value is -1.37. The maximum Gasteiger partial charge on any atom is 0.237 e. The van der Waals surface area contributed by atoms with Gasteiger partial charge >= 0.3 is 0 Å². The lowest BCUT2D eigenvalue weighted by molar-refractivity contribution is -0.130. The van der Waals surface area contributed by atoms with Crippen LogP contribution in [0.5, 0.6) is 0 Å². The van der Waals surface area contributed by atoms with Crippen LogP contribution >= 0.6 is 34.7 Å². The van der Waals surface area contributed by atoms with Crippen molar-refractivity contribution in [2.45, 2.75) is 19.4 Å². The summed E-state index contributed by atoms with van der Waals surface area (Å²) >= 11 is 13.0. The van der Waals surface area contributed by atoms with Crippen molar-refractivity contribution in [1.82, 2.24) is 14.3 Å². The summed E-state index contributed by atoms with van der Waals surface area (Å²) < 4.78 is 4.46. The predicted octanol–water partition coefficient (Wildman–Crippen LogP) is 3.06. The van der Waals surface area contributed by atoms with Gasteiger partial charge in [0.05, 0.1) is 0 Å². The van der Waals surface area contributed by atoms with Crippen molar-refractivity contribution in [2.75, 3.05) is 30.4 Å². The summed E-state index contributed by atoms with van der Waals surface area (Å²) in [7, 11) is 0. The van der Waals surface area contributed by atoms with Crippen LogP contribution in [-0.4, -0.2) is 51.7 Å². The summed E-state index contributed by atoms with van der Waals surface area (Å²) in [4.78, 5) is 20.5. The number of nitrogens with zero attached hydrogens (tertiary/aromatic N) is 4. The highest BCUT2D eigenvalue weighted by Gasteiger charge is 2.28. The molecule has 1 aromatic heterocycles. The first-order valence-corrected chi connectivity index (χ1v) is 9.43. The number of benzene rings is 1. The minimum atomic E-state index is -0.00971. The van der Waals surface area contributed by atoms with Crippen LogP contribution in [0.25, 0.3) is 0 Å². The Morgan fingerprint density at radius 3 is 2.75 bits per heavy atom. The van der Waals surface area contributed by atoms with Crippen LogP contribution < -0.4 is 4.90 Å². The number of halogens is 2. The lowest BCUT2D eigenvalue weighted by Gasteiger charge is -2.39. The maximum absolute atomic E-state index is 11.8. The number of aromatic nitrogens is 2. The van der Waals surface area contributed by atoms with Crippen LogP contribution in [0.15, 0.2) is 24.3 Å². The second-order valence-corrected chi connectivity index (χ2v) is 7.25. The monoisotopic (exact) mass is 384 g/mol. The first-order chi connectivity index (χ1) is 11.6. The van der Waals surface area contributed by atoms with Gasteiger partial charge in [-0.15, -0.1) is 11.6 Å². The van der Waals surface area contributed by atoms with Gasteiger partial charge in [0.2, 0.25) is 11.0 Å². The van der Waals surface area contributed by atoms with Crippen molar-refractivity contribution in [3.8, 4) is 0 Å². The predicted molar refractivity (Wildman–Crippen MR) is 98.3 cm³/mol. The van der Waals surface area contributed by atoms with E-state index in [0.29, 0.717) is 13.0 Å². The van der Waals surface area contributed by atoms with Crippen molar-refractivity contribution in [3.63, 3.8) is 0 Å². The average Bonchev–Trinajstić information content (AvgIpc) is 3.05. The van der Waals surface area contributed by atoms with Gasteiger partial charge in [-0.05, 0) is 24.6 Å². The Labute approximate surface area is 155 Å². The van der Waals surface area contributed by atoms with Gasteiger partial charge in [-0.2, -0.15) is 4.37 Å². The Balaban J connectivity index is 1.63. The highest BCUT2D eigenvalue weighted by atomic mass is 35.5. The van der Waals surface area contributed by atoms with Crippen LogP contribution in [-0.2, 0) is 11.2 Å². The van der Waals surface area contributed by atoms with Crippen molar-refractivity contribution in [1.29, 1.82) is 0 Å². The van der Waals surface area contributed by atoms with Gasteiger partial charge in [0.1, 0.15) is 11.7 Å². The summed E-state index contributed by atoms with van der Waals surface area (Å²) in [6.07, 6.45) is 0.688. The van der Waals surface area contributed by atoms with Gasteiger partial charge in [0, 0.05) is 48.7 Å². The Bertz CT molecular complexity index is 706. The lowest BCUT2D eigenvalue weighted by Crippen LogP contribution is -2.54. The number of hydrogen-bond donors (Lipinski definition) is 0. The molecule has 24 heavy (non-hydrogen) atoms. The van der Waals surface area contributed by atoms with Gasteiger partial charge in [0.15, 0.2) is 0 Å². The van der Waals surface area contributed by atoms with Crippen LogP contribution in [0.3, 0.4) is 0 Å². The van der Waals surface area contributed by atoms with Gasteiger partial charge in [-0.3, -0.25) is 4.79 Å². The fourth-order valence-corrected chi connectivity index (χ4v) is 3.81. The molecule has 0 spiro atoms. The summed E-state index contributed by atoms with van der Waals surface area (Å²) in [5.41, 5.74) is 1.13. The van der Waals surface area contributed by atoms with Gasteiger partial charge < -0.3 is 9.80 Å². The number of carbonyl (C=O) groups is 1. The summed E-state index contributed by atoms with van der Waals surface area (Å²) in [5.74, 6) is 0.836. The number of alkyl halides is 1. The molecule has 1 unspecified atom stereocenters. The van der Waals surface area contributed by atoms with E-state index in [1.807, 2.05) is 36.1 Å². The first kappa shape index (κ1) is 17.5. The third-order valence-electron chi connectivity index (χ3n) is 4.07. The van der Waals surface area contributed by atoms with E-state index in [-0.39, 0.29) is 17.8 Å². The number of hydrogen-bond acceptors (Lipinski definition) is 5. The molecule has 0 bridgehead atoms. The number of piperazine rings is 1. The normalized spacial score (nSPS) is 18.0. The average molecular weight is 385 g/mol. The molecule has 1 aliphatic rings. The van der Waals surface area contributed by atoms with Crippen LogP contribution in [0.4, 0.5) is 5.13 Å². The van der Waals surface area contributed by atoms with E-state index in [9.17, 15) is 4.79 Å². The highest BCUT2D eigenvalue weighted by Crippen LogP contribution is 2.23. The SMILES string of the molecule is CC1CN(c2nc(Cc3ccc(Cl)cc3)ns2)CCN1C(=O)CCl. The molecule has 2 heterocycles. The molecule has 1 fully saturated rings. The second kappa shape index (κ2) is 7.68. The Kier molecular flexibility index (Phi) is 5.58. The van der Waals surface area contributed by atoms with Gasteiger partial charge in [0.25, 0.3) is 0 Å². The molecular weight excluding hydrogens is 367 g/mol. The highest BCUT2D eigenvalue weighted by molar-refractivity contribution is 7.09. The fourth-order valence-electron chi connectivity index (χ4n) is 2.81. The molecule has 128 valence electrons. The van der Waals surface area contributed by atoms with E-state index in [4.69, 9.17) is 23.2 Å². The zero-order chi connectivity index (χ0) is 17.1. The summed E-state index contributed by atoms with van der Waals surface area (Å²) in [6.45, 7) is 4.20. The largest absolute Gasteiger partial charge is 0.343 e. The molecule has 8 heteroatoms. The maximum atomic E-state index is 11.8. The summed E-state index contributed by atoms with van der Waals surface area (Å²) in [6, 6.07) is 7.84. The third-order valence-corrected chi connectivity index (χ3v) is 5.36. The fraction of sp³-hybridized carbons (Fsp3) is 0.438. The molecule has 1 aromatic carbocycles. The molecule has 0 saturated carbocycles. The Morgan fingerprint density at radius 1 is 1.33 bits per heavy atom. The third kappa shape index (κ3) is 3.99. The summed E-state index contributed by atoms with van der Waals surface area (Å²) in [5, 5.41) is 1.63. The quantitative estimate of drug-likeness (QED) is 0.760. The van der Waals surface area contributed by atoms with Crippen molar-refractivity contribution in [2.24, 2.45) is 0 Å². The first-order valence-electron chi connectivity index (χ1n) is 7.74. The van der Waals surface area contributed by atoms with E-state index in [1.54, 1.807) is 0 Å². The number of carbonyl (C=O) groups excluding carboxylic acids is 1. The van der Waals surface area contributed by atoms with Crippen LogP contribution in [0.1, 0.15) is 18.3 Å². The zero-order valence-corrected chi connectivity index (χ0v) is 15.6. The Morgan fingerprint density at radius 2 is 2.08 bits per heavy atom. The number of amides is 1. The van der Waals surface area contributed by atoms with Gasteiger partial charge in [-0.1, -0.05) is 23.7 Å². The zero-order valence-electron chi connectivity index (χ0n) is 13.3. The van der Waals surface area contributed by atoms with Crippen molar-refractivity contribution < 1.29 is 4.79 Å². The molecule has 1 amide bonds. The lowest BCUT2D eigenvalue weighted by atomic mass is 10.1. The molecule has 3 rings (SSSR count). The molecule has 2 aromatic rings. The molecular formula is C16H18Cl2N4OS. The minimum Gasteiger partial charge on any atom is -0.343 e. The van der Waals surface area contributed by atoms with Crippen molar-refractivity contribution >= 4 is 45.8 Å². The van der Waals surface area contributed by atoms with E-state index < -0.39 is 0 Å². The minimum absolute atomic E-state index is 0.00971. The topological polar surface area (TPSA) is 49.3 Å². The molecule has 0 N–H and O–H groups in total. The molecule has 1 atom stereocenters. The number of rotatable bonds is 4. The van der Waals surface area contributed by atoms with E-state index >= 15 is 0 Å². The smallest absolute Gasteiger partial charge is 0.237 e. The standard InChI is InChI=1S/C16H18Cl2N4OS/c1-11-10-21(6-7-22(11)15(23)9-17)16-19-14(20-24-16)8-12-2-4-13(18)5-3-12/h2-5,11H,6-10H2,1H3. The van der Waals surface area contributed by atoms with Crippen LogP contribution in [0.2, 0.25) is 5.02 Å². The van der Waals surface area contributed by atoms with E-state index in [0.717, 1.165) is 34.6 Å². The number of anilines is 1. The second-order valence-electron chi connectivity index (χ2n) is 5.81. The van der Waals surface area contributed by atoms with Gasteiger partial charge in [-0.25, -0.2) is 4.98 Å². The molecule has 0 aliphatic carbocycles. The van der Waals surface area contributed by atoms with Crippen molar-refractivity contribution in [3.05, 3.63) is 40.7 Å². The van der Waals surface area contributed by atoms with E-state index in [1.165, 1.54) is 11.5 Å². The molecule has 5 nitrogen and oxygen atoms in total. The van der Waals surface area contributed by atoms with Crippen LogP contribution in [0, 0.1) is 0 Å². The molecule has 1 saturated heterocycles. The van der Waals surface area contributed by atoms with E-state index in [2.05, 4.69) is 14.3 Å². The molecule has 1 aliphatic heterocycles.